The molecule has 0 saturated carbocycles. The van der Waals surface area contributed by atoms with Gasteiger partial charge in [-0.2, -0.15) is 0 Å². The average molecular weight is 590 g/mol. The first kappa shape index (κ1) is 28.4. The number of carbonyl (C=O) groups excluding carboxylic acids is 1. The van der Waals surface area contributed by atoms with Crippen LogP contribution in [0, 0.1) is 0 Å². The summed E-state index contributed by atoms with van der Waals surface area (Å²) >= 11 is 1.21. The van der Waals surface area contributed by atoms with Gasteiger partial charge in [-0.15, -0.1) is 0 Å². The number of ether oxygens (including phenoxy) is 3. The first-order chi connectivity index (χ1) is 19.3. The van der Waals surface area contributed by atoms with Crippen LogP contribution in [0.25, 0.3) is 10.3 Å². The Morgan fingerprint density at radius 1 is 1.18 bits per heavy atom. The number of anilines is 1. The standard InChI is InChI=1S/C26H31N5O7S2/c1-31-14-19(15-31)37-22-9-8-21-25(28-22)39-26(27-21)29-24(32)23(30-38-18-10-12-36-16-18)17-4-6-20(7-5-17)40(33,34)13-3-11-35-2/h4-9,18-19H,3,10-16H2,1-2H3,(H,27,29,32)/b30-23+/t18-/m1/s1. The lowest BCUT2D eigenvalue weighted by Gasteiger charge is -2.35. The van der Waals surface area contributed by atoms with Gasteiger partial charge < -0.3 is 19.0 Å². The number of likely N-dealkylation sites (N-methyl/N-ethyl adjacent to an activating group) is 1. The molecule has 1 N–H and O–H groups in total. The Bertz CT molecular complexity index is 1460. The second kappa shape index (κ2) is 12.6. The van der Waals surface area contributed by atoms with Crippen molar-refractivity contribution in [3.63, 3.8) is 0 Å². The van der Waals surface area contributed by atoms with Crippen molar-refractivity contribution in [1.29, 1.82) is 0 Å². The lowest BCUT2D eigenvalue weighted by molar-refractivity contribution is -0.110. The molecule has 3 aromatic rings. The number of hydrogen-bond acceptors (Lipinski definition) is 12. The van der Waals surface area contributed by atoms with Gasteiger partial charge in [-0.1, -0.05) is 28.6 Å². The van der Waals surface area contributed by atoms with Crippen LogP contribution in [-0.2, 0) is 28.9 Å². The van der Waals surface area contributed by atoms with Crippen molar-refractivity contribution in [2.75, 3.05) is 58.1 Å². The number of hydrogen-bond donors (Lipinski definition) is 1. The number of likely N-dealkylation sites (tertiary alicyclic amines) is 1. The molecule has 2 aliphatic rings. The van der Waals surface area contributed by atoms with Gasteiger partial charge >= 0.3 is 0 Å². The number of benzene rings is 1. The van der Waals surface area contributed by atoms with E-state index in [0.717, 1.165) is 13.1 Å². The Hall–Kier alpha value is -3.17. The van der Waals surface area contributed by atoms with E-state index in [1.807, 2.05) is 7.05 Å². The van der Waals surface area contributed by atoms with Crippen LogP contribution in [0.1, 0.15) is 18.4 Å². The normalized spacial score (nSPS) is 18.6. The van der Waals surface area contributed by atoms with Gasteiger partial charge in [0.1, 0.15) is 16.5 Å². The molecule has 2 aromatic heterocycles. The Morgan fingerprint density at radius 3 is 2.67 bits per heavy atom. The van der Waals surface area contributed by atoms with E-state index in [9.17, 15) is 13.2 Å². The highest BCUT2D eigenvalue weighted by Crippen LogP contribution is 2.27. The summed E-state index contributed by atoms with van der Waals surface area (Å²) in [6.07, 6.45) is 0.874. The summed E-state index contributed by atoms with van der Waals surface area (Å²) in [6, 6.07) is 9.57. The summed E-state index contributed by atoms with van der Waals surface area (Å²) in [6.45, 7) is 2.98. The maximum atomic E-state index is 13.4. The Balaban J connectivity index is 1.33. The van der Waals surface area contributed by atoms with E-state index in [-0.39, 0.29) is 28.6 Å². The zero-order valence-corrected chi connectivity index (χ0v) is 23.9. The Kier molecular flexibility index (Phi) is 8.90. The quantitative estimate of drug-likeness (QED) is 0.190. The number of oxime groups is 1. The summed E-state index contributed by atoms with van der Waals surface area (Å²) in [5.41, 5.74) is 1.01. The molecule has 1 aromatic carbocycles. The first-order valence-corrected chi connectivity index (χ1v) is 15.4. The van der Waals surface area contributed by atoms with E-state index < -0.39 is 15.7 Å². The molecule has 1 amide bonds. The molecule has 0 unspecified atom stereocenters. The van der Waals surface area contributed by atoms with Crippen LogP contribution in [0.2, 0.25) is 0 Å². The van der Waals surface area contributed by atoms with Crippen LogP contribution in [0.4, 0.5) is 5.13 Å². The van der Waals surface area contributed by atoms with E-state index in [4.69, 9.17) is 19.0 Å². The van der Waals surface area contributed by atoms with Crippen molar-refractivity contribution in [1.82, 2.24) is 14.9 Å². The second-order valence-electron chi connectivity index (χ2n) is 9.63. The van der Waals surface area contributed by atoms with E-state index in [1.165, 1.54) is 42.7 Å². The number of nitrogens with zero attached hydrogens (tertiary/aromatic N) is 4. The van der Waals surface area contributed by atoms with Crippen molar-refractivity contribution in [2.24, 2.45) is 5.16 Å². The topological polar surface area (TPSA) is 142 Å². The van der Waals surface area contributed by atoms with Crippen LogP contribution in [0.3, 0.4) is 0 Å². The molecule has 0 aliphatic carbocycles. The van der Waals surface area contributed by atoms with Gasteiger partial charge in [-0.3, -0.25) is 15.0 Å². The van der Waals surface area contributed by atoms with Crippen molar-refractivity contribution in [3.05, 3.63) is 42.0 Å². The monoisotopic (exact) mass is 589 g/mol. The van der Waals surface area contributed by atoms with E-state index in [2.05, 4.69) is 25.3 Å². The van der Waals surface area contributed by atoms with Crippen molar-refractivity contribution >= 4 is 48.3 Å². The molecular formula is C26H31N5O7S2. The fourth-order valence-corrected chi connectivity index (χ4v) is 6.35. The minimum atomic E-state index is -3.49. The number of sulfone groups is 1. The largest absolute Gasteiger partial charge is 0.472 e. The van der Waals surface area contributed by atoms with Gasteiger partial charge in [-0.25, -0.2) is 18.4 Å². The molecule has 0 spiro atoms. The number of pyridine rings is 1. The summed E-state index contributed by atoms with van der Waals surface area (Å²) < 4.78 is 41.5. The zero-order chi connectivity index (χ0) is 28.1. The number of methoxy groups -OCH3 is 1. The van der Waals surface area contributed by atoms with E-state index in [1.54, 1.807) is 12.1 Å². The number of fused-ring (bicyclic) bond motifs is 1. The molecule has 0 radical (unpaired) electrons. The summed E-state index contributed by atoms with van der Waals surface area (Å²) in [5, 5.41) is 7.26. The third kappa shape index (κ3) is 6.93. The van der Waals surface area contributed by atoms with E-state index in [0.29, 0.717) is 59.6 Å². The minimum Gasteiger partial charge on any atom is -0.472 e. The Morgan fingerprint density at radius 2 is 1.98 bits per heavy atom. The molecule has 40 heavy (non-hydrogen) atoms. The molecule has 5 rings (SSSR count). The van der Waals surface area contributed by atoms with Crippen LogP contribution < -0.4 is 10.1 Å². The molecule has 0 bridgehead atoms. The van der Waals surface area contributed by atoms with Crippen LogP contribution in [0.5, 0.6) is 5.88 Å². The number of aromatic nitrogens is 2. The highest BCUT2D eigenvalue weighted by atomic mass is 32.2. The van der Waals surface area contributed by atoms with Gasteiger partial charge in [-0.05, 0) is 31.7 Å². The molecule has 14 heteroatoms. The molecular weight excluding hydrogens is 558 g/mol. The summed E-state index contributed by atoms with van der Waals surface area (Å²) in [5.74, 6) is -0.0795. The third-order valence-electron chi connectivity index (χ3n) is 6.41. The molecule has 4 heterocycles. The molecule has 2 fully saturated rings. The first-order valence-electron chi connectivity index (χ1n) is 12.9. The van der Waals surface area contributed by atoms with Gasteiger partial charge in [0.15, 0.2) is 26.8 Å². The van der Waals surface area contributed by atoms with Crippen molar-refractivity contribution in [2.45, 2.75) is 29.9 Å². The van der Waals surface area contributed by atoms with Crippen molar-refractivity contribution in [3.8, 4) is 5.88 Å². The number of thiazole rings is 1. The average Bonchev–Trinajstić information content (AvgIpc) is 3.57. The number of amides is 1. The smallest absolute Gasteiger partial charge is 0.280 e. The maximum absolute atomic E-state index is 13.4. The zero-order valence-electron chi connectivity index (χ0n) is 22.2. The molecule has 214 valence electrons. The van der Waals surface area contributed by atoms with Crippen LogP contribution in [-0.4, -0.2) is 99.9 Å². The highest BCUT2D eigenvalue weighted by molar-refractivity contribution is 7.91. The predicted octanol–water partition coefficient (Wildman–Crippen LogP) is 2.34. The molecule has 2 aliphatic heterocycles. The Labute approximate surface area is 236 Å². The van der Waals surface area contributed by atoms with Gasteiger partial charge in [0.2, 0.25) is 5.88 Å². The second-order valence-corrected chi connectivity index (χ2v) is 12.7. The maximum Gasteiger partial charge on any atom is 0.280 e. The number of nitrogens with one attached hydrogen (secondary N) is 1. The van der Waals surface area contributed by atoms with Crippen LogP contribution >= 0.6 is 11.3 Å². The molecule has 1 atom stereocenters. The number of carbonyl (C=O) groups is 1. The van der Waals surface area contributed by atoms with Gasteiger partial charge in [0.25, 0.3) is 5.91 Å². The van der Waals surface area contributed by atoms with Crippen molar-refractivity contribution < 1.29 is 32.3 Å². The fraction of sp³-hybridized carbons (Fsp3) is 0.462. The third-order valence-corrected chi connectivity index (χ3v) is 9.11. The van der Waals surface area contributed by atoms with Gasteiger partial charge in [0, 0.05) is 44.9 Å². The lowest BCUT2D eigenvalue weighted by atomic mass is 10.1. The minimum absolute atomic E-state index is 0.0134. The summed E-state index contributed by atoms with van der Waals surface area (Å²) in [4.78, 5) is 30.9. The fourth-order valence-electron chi connectivity index (χ4n) is 4.24. The van der Waals surface area contributed by atoms with E-state index >= 15 is 0 Å². The SMILES string of the molecule is COCCCS(=O)(=O)c1ccc(/C(=N\O[C@@H]2CCOC2)C(=O)Nc2nc3ccc(OC4CN(C)C4)nc3s2)cc1. The summed E-state index contributed by atoms with van der Waals surface area (Å²) in [7, 11) is 0.0617. The lowest BCUT2D eigenvalue weighted by Crippen LogP contribution is -2.51. The molecule has 12 nitrogen and oxygen atoms in total. The molecule has 2 saturated heterocycles. The van der Waals surface area contributed by atoms with Crippen LogP contribution in [0.15, 0.2) is 46.4 Å². The predicted molar refractivity (Wildman–Crippen MR) is 150 cm³/mol. The highest BCUT2D eigenvalue weighted by Gasteiger charge is 2.26. The van der Waals surface area contributed by atoms with Gasteiger partial charge in [0.05, 0.1) is 23.9 Å². The number of rotatable bonds is 12.